The van der Waals surface area contributed by atoms with Crippen LogP contribution < -0.4 is 14.8 Å². The van der Waals surface area contributed by atoms with Gasteiger partial charge in [-0.2, -0.15) is 0 Å². The summed E-state index contributed by atoms with van der Waals surface area (Å²) in [5.74, 6) is 2.21. The van der Waals surface area contributed by atoms with E-state index in [1.54, 1.807) is 0 Å². The van der Waals surface area contributed by atoms with Crippen LogP contribution >= 0.6 is 11.6 Å². The van der Waals surface area contributed by atoms with E-state index in [9.17, 15) is 0 Å². The van der Waals surface area contributed by atoms with E-state index in [4.69, 9.17) is 21.1 Å². The largest absolute Gasteiger partial charge is 0.489 e. The van der Waals surface area contributed by atoms with Crippen molar-refractivity contribution in [2.75, 3.05) is 13.2 Å². The SMILES string of the molecule is CCC(C)CC(C)NCc1cc(Cl)c2c(c1)OCCCO2. The first-order chi connectivity index (χ1) is 10.1. The fourth-order valence-corrected chi connectivity index (χ4v) is 2.82. The Hall–Kier alpha value is -0.930. The zero-order valence-corrected chi connectivity index (χ0v) is 14.0. The van der Waals surface area contributed by atoms with Crippen molar-refractivity contribution < 1.29 is 9.47 Å². The highest BCUT2D eigenvalue weighted by Gasteiger charge is 2.16. The van der Waals surface area contributed by atoms with E-state index in [1.807, 2.05) is 12.1 Å². The molecule has 4 heteroatoms. The van der Waals surface area contributed by atoms with Gasteiger partial charge in [-0.05, 0) is 37.0 Å². The zero-order chi connectivity index (χ0) is 15.2. The molecule has 0 bridgehead atoms. The maximum absolute atomic E-state index is 6.31. The molecule has 1 heterocycles. The Bertz CT molecular complexity index is 464. The van der Waals surface area contributed by atoms with Gasteiger partial charge in [0.25, 0.3) is 0 Å². The molecule has 0 radical (unpaired) electrons. The number of halogens is 1. The molecule has 2 unspecified atom stereocenters. The molecule has 0 fully saturated rings. The average molecular weight is 312 g/mol. The maximum Gasteiger partial charge on any atom is 0.179 e. The molecule has 0 aromatic heterocycles. The van der Waals surface area contributed by atoms with Gasteiger partial charge in [-0.25, -0.2) is 0 Å². The van der Waals surface area contributed by atoms with E-state index in [1.165, 1.54) is 12.8 Å². The number of hydrogen-bond donors (Lipinski definition) is 1. The van der Waals surface area contributed by atoms with Crippen molar-refractivity contribution in [3.05, 3.63) is 22.7 Å². The highest BCUT2D eigenvalue weighted by Crippen LogP contribution is 2.37. The molecule has 1 aromatic rings. The summed E-state index contributed by atoms with van der Waals surface area (Å²) in [5, 5.41) is 4.20. The van der Waals surface area contributed by atoms with Crippen LogP contribution in [0.1, 0.15) is 45.6 Å². The molecule has 3 nitrogen and oxygen atoms in total. The number of fused-ring (bicyclic) bond motifs is 1. The van der Waals surface area contributed by atoms with Gasteiger partial charge in [-0.15, -0.1) is 0 Å². The number of benzene rings is 1. The topological polar surface area (TPSA) is 30.5 Å². The second-order valence-electron chi connectivity index (χ2n) is 5.99. The molecule has 0 aliphatic carbocycles. The van der Waals surface area contributed by atoms with Gasteiger partial charge < -0.3 is 14.8 Å². The number of nitrogens with one attached hydrogen (secondary N) is 1. The summed E-state index contributed by atoms with van der Waals surface area (Å²) in [7, 11) is 0. The molecule has 0 saturated carbocycles. The minimum absolute atomic E-state index is 0.495. The first-order valence-electron chi connectivity index (χ1n) is 7.91. The van der Waals surface area contributed by atoms with Crippen molar-refractivity contribution in [1.82, 2.24) is 5.32 Å². The Morgan fingerprint density at radius 2 is 2.00 bits per heavy atom. The number of hydrogen-bond acceptors (Lipinski definition) is 3. The lowest BCUT2D eigenvalue weighted by Crippen LogP contribution is -2.27. The quantitative estimate of drug-likeness (QED) is 0.844. The third-order valence-corrected chi connectivity index (χ3v) is 4.25. The second-order valence-corrected chi connectivity index (χ2v) is 6.39. The van der Waals surface area contributed by atoms with Gasteiger partial charge in [0.1, 0.15) is 0 Å². The molecule has 2 atom stereocenters. The summed E-state index contributed by atoms with van der Waals surface area (Å²) >= 11 is 6.31. The molecule has 1 aliphatic rings. The molecule has 21 heavy (non-hydrogen) atoms. The minimum Gasteiger partial charge on any atom is -0.489 e. The third-order valence-electron chi connectivity index (χ3n) is 3.97. The first kappa shape index (κ1) is 16.4. The van der Waals surface area contributed by atoms with Crippen LogP contribution in [0.5, 0.6) is 11.5 Å². The van der Waals surface area contributed by atoms with Crippen molar-refractivity contribution in [3.63, 3.8) is 0 Å². The molecule has 0 amide bonds. The predicted molar refractivity (Wildman–Crippen MR) is 87.4 cm³/mol. The van der Waals surface area contributed by atoms with Crippen LogP contribution in [-0.4, -0.2) is 19.3 Å². The number of ether oxygens (including phenoxy) is 2. The van der Waals surface area contributed by atoms with Crippen LogP contribution in [0, 0.1) is 5.92 Å². The van der Waals surface area contributed by atoms with E-state index in [0.717, 1.165) is 30.2 Å². The van der Waals surface area contributed by atoms with Gasteiger partial charge in [0.2, 0.25) is 0 Å². The second kappa shape index (κ2) is 7.90. The van der Waals surface area contributed by atoms with Crippen molar-refractivity contribution in [1.29, 1.82) is 0 Å². The molecule has 1 aliphatic heterocycles. The van der Waals surface area contributed by atoms with E-state index < -0.39 is 0 Å². The van der Waals surface area contributed by atoms with Gasteiger partial charge in [-0.1, -0.05) is 31.9 Å². The Labute approximate surface area is 133 Å². The Morgan fingerprint density at radius 3 is 2.76 bits per heavy atom. The van der Waals surface area contributed by atoms with Gasteiger partial charge >= 0.3 is 0 Å². The predicted octanol–water partition coefficient (Wildman–Crippen LogP) is 4.42. The van der Waals surface area contributed by atoms with Crippen molar-refractivity contribution in [3.8, 4) is 11.5 Å². The number of rotatable bonds is 6. The lowest BCUT2D eigenvalue weighted by Gasteiger charge is -2.18. The summed E-state index contributed by atoms with van der Waals surface area (Å²) < 4.78 is 11.4. The molecule has 1 N–H and O–H groups in total. The molecule has 2 rings (SSSR count). The van der Waals surface area contributed by atoms with Gasteiger partial charge in [0.15, 0.2) is 11.5 Å². The highest BCUT2D eigenvalue weighted by molar-refractivity contribution is 6.32. The standard InChI is InChI=1S/C17H26ClNO2/c1-4-12(2)8-13(3)19-11-14-9-15(18)17-16(10-14)20-6-5-7-21-17/h9-10,12-13,19H,4-8,11H2,1-3H3. The van der Waals surface area contributed by atoms with E-state index in [-0.39, 0.29) is 0 Å². The van der Waals surface area contributed by atoms with E-state index >= 15 is 0 Å². The van der Waals surface area contributed by atoms with E-state index in [0.29, 0.717) is 30.0 Å². The molecule has 1 aromatic carbocycles. The van der Waals surface area contributed by atoms with Crippen molar-refractivity contribution in [2.45, 2.75) is 52.6 Å². The smallest absolute Gasteiger partial charge is 0.179 e. The summed E-state index contributed by atoms with van der Waals surface area (Å²) in [6, 6.07) is 4.50. The molecule has 0 saturated heterocycles. The van der Waals surface area contributed by atoms with Gasteiger partial charge in [0, 0.05) is 19.0 Å². The van der Waals surface area contributed by atoms with E-state index in [2.05, 4.69) is 26.1 Å². The van der Waals surface area contributed by atoms with Crippen molar-refractivity contribution in [2.24, 2.45) is 5.92 Å². The summed E-state index contributed by atoms with van der Waals surface area (Å²) in [6.45, 7) is 8.91. The Kier molecular flexibility index (Phi) is 6.19. The fourth-order valence-electron chi connectivity index (χ4n) is 2.53. The minimum atomic E-state index is 0.495. The fraction of sp³-hybridized carbons (Fsp3) is 0.647. The third kappa shape index (κ3) is 4.79. The van der Waals surface area contributed by atoms with Crippen LogP contribution in [0.15, 0.2) is 12.1 Å². The van der Waals surface area contributed by atoms with Crippen LogP contribution in [0.2, 0.25) is 5.02 Å². The molecular weight excluding hydrogens is 286 g/mol. The lowest BCUT2D eigenvalue weighted by atomic mass is 10.0. The van der Waals surface area contributed by atoms with Crippen LogP contribution in [-0.2, 0) is 6.54 Å². The highest BCUT2D eigenvalue weighted by atomic mass is 35.5. The average Bonchev–Trinajstić information content (AvgIpc) is 2.70. The van der Waals surface area contributed by atoms with Crippen LogP contribution in [0.25, 0.3) is 0 Å². The molecule has 118 valence electrons. The normalized spacial score (nSPS) is 17.1. The van der Waals surface area contributed by atoms with Crippen LogP contribution in [0.4, 0.5) is 0 Å². The Balaban J connectivity index is 1.98. The Morgan fingerprint density at radius 1 is 1.24 bits per heavy atom. The van der Waals surface area contributed by atoms with Gasteiger partial charge in [0.05, 0.1) is 18.2 Å². The lowest BCUT2D eigenvalue weighted by molar-refractivity contribution is 0.297. The monoisotopic (exact) mass is 311 g/mol. The molecular formula is C17H26ClNO2. The van der Waals surface area contributed by atoms with Gasteiger partial charge in [-0.3, -0.25) is 0 Å². The van der Waals surface area contributed by atoms with Crippen LogP contribution in [0.3, 0.4) is 0 Å². The zero-order valence-electron chi connectivity index (χ0n) is 13.2. The summed E-state index contributed by atoms with van der Waals surface area (Å²) in [5.41, 5.74) is 1.14. The maximum atomic E-state index is 6.31. The first-order valence-corrected chi connectivity index (χ1v) is 8.29. The summed E-state index contributed by atoms with van der Waals surface area (Å²) in [4.78, 5) is 0. The molecule has 0 spiro atoms. The summed E-state index contributed by atoms with van der Waals surface area (Å²) in [6.07, 6.45) is 3.31. The van der Waals surface area contributed by atoms with Crippen molar-refractivity contribution >= 4 is 11.6 Å².